The molecule has 43 heavy (non-hydrogen) atoms. The average molecular weight is 583 g/mol. The van der Waals surface area contributed by atoms with Crippen LogP contribution in [0.2, 0.25) is 0 Å². The zero-order valence-corrected chi connectivity index (χ0v) is 24.0. The number of alkyl halides is 3. The van der Waals surface area contributed by atoms with Crippen LogP contribution in [-0.2, 0) is 6.18 Å². The van der Waals surface area contributed by atoms with Crippen LogP contribution in [0.5, 0.6) is 0 Å². The Morgan fingerprint density at radius 1 is 0.419 bits per heavy atom. The van der Waals surface area contributed by atoms with Crippen molar-refractivity contribution in [2.45, 2.75) is 6.18 Å². The summed E-state index contributed by atoms with van der Waals surface area (Å²) in [6, 6.07) is 52.0. The SMILES string of the molecule is FC(F)(F)c1ccc(-c2ccc3ccccc3c2-c2c(P(c3ccccc3)c3ccccc3)ccc3ccccc23)cc1. The predicted octanol–water partition coefficient (Wildman–Crippen LogP) is 10.1. The second-order valence-electron chi connectivity index (χ2n) is 10.5. The Kier molecular flexibility index (Phi) is 7.05. The van der Waals surface area contributed by atoms with Crippen LogP contribution >= 0.6 is 7.92 Å². The van der Waals surface area contributed by atoms with E-state index in [4.69, 9.17) is 0 Å². The van der Waals surface area contributed by atoms with Crippen molar-refractivity contribution in [3.63, 3.8) is 0 Å². The molecule has 0 spiro atoms. The number of benzene rings is 7. The van der Waals surface area contributed by atoms with E-state index in [1.165, 1.54) is 28.0 Å². The van der Waals surface area contributed by atoms with Gasteiger partial charge >= 0.3 is 6.18 Å². The fourth-order valence-electron chi connectivity index (χ4n) is 5.91. The summed E-state index contributed by atoms with van der Waals surface area (Å²) in [5, 5.41) is 8.04. The minimum atomic E-state index is -4.39. The number of hydrogen-bond donors (Lipinski definition) is 0. The predicted molar refractivity (Wildman–Crippen MR) is 176 cm³/mol. The molecule has 0 aliphatic rings. The van der Waals surface area contributed by atoms with Crippen LogP contribution in [0.1, 0.15) is 5.56 Å². The molecule has 0 radical (unpaired) electrons. The Labute approximate surface area is 249 Å². The molecular weight excluding hydrogens is 556 g/mol. The van der Waals surface area contributed by atoms with Gasteiger partial charge in [0, 0.05) is 0 Å². The molecule has 0 saturated heterocycles. The molecule has 0 atom stereocenters. The van der Waals surface area contributed by atoms with Crippen LogP contribution in [0, 0.1) is 0 Å². The Morgan fingerprint density at radius 3 is 1.47 bits per heavy atom. The molecule has 0 aliphatic carbocycles. The van der Waals surface area contributed by atoms with E-state index >= 15 is 0 Å². The van der Waals surface area contributed by atoms with Crippen molar-refractivity contribution in [3.05, 3.63) is 163 Å². The van der Waals surface area contributed by atoms with Gasteiger partial charge in [-0.25, -0.2) is 0 Å². The highest BCUT2D eigenvalue weighted by molar-refractivity contribution is 7.80. The van der Waals surface area contributed by atoms with Gasteiger partial charge in [-0.3, -0.25) is 0 Å². The van der Waals surface area contributed by atoms with Crippen molar-refractivity contribution >= 4 is 45.4 Å². The molecule has 0 nitrogen and oxygen atoms in total. The fourth-order valence-corrected chi connectivity index (χ4v) is 8.39. The van der Waals surface area contributed by atoms with Gasteiger partial charge in [-0.05, 0) is 79.8 Å². The second kappa shape index (κ2) is 11.2. The number of halogens is 3. The summed E-state index contributed by atoms with van der Waals surface area (Å²) in [7, 11) is -0.970. The molecule has 208 valence electrons. The zero-order chi connectivity index (χ0) is 29.4. The summed E-state index contributed by atoms with van der Waals surface area (Å²) in [6.45, 7) is 0. The third-order valence-corrected chi connectivity index (χ3v) is 10.4. The first-order valence-corrected chi connectivity index (χ1v) is 15.4. The summed E-state index contributed by atoms with van der Waals surface area (Å²) in [5.74, 6) is 0. The van der Waals surface area contributed by atoms with Gasteiger partial charge in [0.1, 0.15) is 0 Å². The lowest BCUT2D eigenvalue weighted by atomic mass is 9.87. The van der Waals surface area contributed by atoms with Crippen molar-refractivity contribution < 1.29 is 13.2 Å². The molecule has 0 heterocycles. The molecule has 0 N–H and O–H groups in total. The van der Waals surface area contributed by atoms with Gasteiger partial charge in [-0.2, -0.15) is 13.2 Å². The van der Waals surface area contributed by atoms with Crippen LogP contribution in [0.3, 0.4) is 0 Å². The van der Waals surface area contributed by atoms with Crippen LogP contribution in [0.4, 0.5) is 13.2 Å². The fraction of sp³-hybridized carbons (Fsp3) is 0.0256. The van der Waals surface area contributed by atoms with Gasteiger partial charge in [0.05, 0.1) is 5.56 Å². The maximum Gasteiger partial charge on any atom is 0.416 e. The van der Waals surface area contributed by atoms with Gasteiger partial charge in [0.15, 0.2) is 0 Å². The van der Waals surface area contributed by atoms with Crippen molar-refractivity contribution in [1.29, 1.82) is 0 Å². The molecular formula is C39H26F3P. The molecule has 0 aliphatic heterocycles. The van der Waals surface area contributed by atoms with E-state index < -0.39 is 19.7 Å². The molecule has 7 rings (SSSR count). The Bertz CT molecular complexity index is 2010. The van der Waals surface area contributed by atoms with Crippen LogP contribution in [-0.4, -0.2) is 0 Å². The quantitative estimate of drug-likeness (QED) is 0.177. The Hall–Kier alpha value is -4.72. The van der Waals surface area contributed by atoms with Gasteiger partial charge < -0.3 is 0 Å². The van der Waals surface area contributed by atoms with Crippen molar-refractivity contribution in [1.82, 2.24) is 0 Å². The third kappa shape index (κ3) is 5.11. The molecule has 4 heteroatoms. The van der Waals surface area contributed by atoms with E-state index in [-0.39, 0.29) is 0 Å². The maximum absolute atomic E-state index is 13.5. The molecule has 0 unspecified atom stereocenters. The van der Waals surface area contributed by atoms with Gasteiger partial charge in [-0.1, -0.05) is 146 Å². The Balaban J connectivity index is 1.60. The summed E-state index contributed by atoms with van der Waals surface area (Å²) >= 11 is 0. The third-order valence-electron chi connectivity index (χ3n) is 7.88. The first kappa shape index (κ1) is 27.1. The Morgan fingerprint density at radius 2 is 0.907 bits per heavy atom. The largest absolute Gasteiger partial charge is 0.416 e. The molecule has 7 aromatic carbocycles. The van der Waals surface area contributed by atoms with E-state index in [1.54, 1.807) is 12.1 Å². The lowest BCUT2D eigenvalue weighted by molar-refractivity contribution is -0.137. The maximum atomic E-state index is 13.5. The van der Waals surface area contributed by atoms with Crippen molar-refractivity contribution in [3.8, 4) is 22.3 Å². The molecule has 0 aromatic heterocycles. The minimum Gasteiger partial charge on any atom is -0.166 e. The van der Waals surface area contributed by atoms with E-state index in [0.29, 0.717) is 0 Å². The van der Waals surface area contributed by atoms with Crippen LogP contribution in [0.25, 0.3) is 43.8 Å². The zero-order valence-electron chi connectivity index (χ0n) is 23.1. The molecule has 7 aromatic rings. The first-order chi connectivity index (χ1) is 21.0. The summed E-state index contributed by atoms with van der Waals surface area (Å²) in [6.07, 6.45) is -4.39. The van der Waals surface area contributed by atoms with Crippen molar-refractivity contribution in [2.24, 2.45) is 0 Å². The number of rotatable bonds is 5. The number of hydrogen-bond acceptors (Lipinski definition) is 0. The summed E-state index contributed by atoms with van der Waals surface area (Å²) < 4.78 is 40.5. The van der Waals surface area contributed by atoms with Crippen molar-refractivity contribution in [2.75, 3.05) is 0 Å². The summed E-state index contributed by atoms with van der Waals surface area (Å²) in [4.78, 5) is 0. The molecule has 0 saturated carbocycles. The minimum absolute atomic E-state index is 0.652. The highest BCUT2D eigenvalue weighted by Crippen LogP contribution is 2.46. The highest BCUT2D eigenvalue weighted by Gasteiger charge is 2.30. The normalized spacial score (nSPS) is 11.8. The van der Waals surface area contributed by atoms with Crippen LogP contribution in [0.15, 0.2) is 158 Å². The topological polar surface area (TPSA) is 0 Å². The van der Waals surface area contributed by atoms with E-state index in [1.807, 2.05) is 30.3 Å². The molecule has 0 fully saturated rings. The first-order valence-electron chi connectivity index (χ1n) is 14.1. The standard InChI is InChI=1S/C39H26F3P/c40-39(41,42)30-23-19-29(20-24-30)35-25-21-27-11-7-9-17-33(27)37(35)38-34-18-10-8-12-28(34)22-26-36(38)43(31-13-3-1-4-14-31)32-15-5-2-6-16-32/h1-26H. The van der Waals surface area contributed by atoms with E-state index in [0.717, 1.165) is 43.8 Å². The van der Waals surface area contributed by atoms with Gasteiger partial charge in [0.2, 0.25) is 0 Å². The summed E-state index contributed by atoms with van der Waals surface area (Å²) in [5.41, 5.74) is 3.14. The highest BCUT2D eigenvalue weighted by atomic mass is 31.1. The van der Waals surface area contributed by atoms with Crippen LogP contribution < -0.4 is 15.9 Å². The smallest absolute Gasteiger partial charge is 0.166 e. The second-order valence-corrected chi connectivity index (χ2v) is 12.7. The lowest BCUT2D eigenvalue weighted by Gasteiger charge is -2.26. The number of fused-ring (bicyclic) bond motifs is 2. The monoisotopic (exact) mass is 582 g/mol. The van der Waals surface area contributed by atoms with Gasteiger partial charge in [-0.15, -0.1) is 0 Å². The van der Waals surface area contributed by atoms with E-state index in [9.17, 15) is 13.2 Å². The average Bonchev–Trinajstić information content (AvgIpc) is 3.05. The lowest BCUT2D eigenvalue weighted by Crippen LogP contribution is -2.22. The van der Waals surface area contributed by atoms with Gasteiger partial charge in [0.25, 0.3) is 0 Å². The van der Waals surface area contributed by atoms with E-state index in [2.05, 4.69) is 103 Å². The molecule has 0 bridgehead atoms. The molecule has 0 amide bonds.